The molecule has 0 radical (unpaired) electrons. The number of carbonyl (C=O) groups excluding carboxylic acids is 2. The molecule has 1 aliphatic rings. The van der Waals surface area contributed by atoms with Crippen LogP contribution in [0.5, 0.6) is 0 Å². The van der Waals surface area contributed by atoms with Crippen molar-refractivity contribution in [2.24, 2.45) is 0 Å². The Hall–Kier alpha value is -1.10. The molecular formula is C8H15N3O2. The zero-order valence-electron chi connectivity index (χ0n) is 7.51. The molecule has 1 unspecified atom stereocenters. The maximum absolute atomic E-state index is 10.9. The van der Waals surface area contributed by atoms with E-state index < -0.39 is 0 Å². The summed E-state index contributed by atoms with van der Waals surface area (Å²) in [6, 6.07) is 0.114. The van der Waals surface area contributed by atoms with Gasteiger partial charge in [-0.05, 0) is 19.4 Å². The maximum Gasteiger partial charge on any atom is 0.315 e. The van der Waals surface area contributed by atoms with Gasteiger partial charge in [0.2, 0.25) is 0 Å². The van der Waals surface area contributed by atoms with Crippen LogP contribution in [-0.2, 0) is 4.79 Å². The second-order valence-corrected chi connectivity index (χ2v) is 3.05. The summed E-state index contributed by atoms with van der Waals surface area (Å²) in [6.45, 7) is 1.73. The molecule has 1 aliphatic heterocycles. The maximum atomic E-state index is 10.9. The summed E-state index contributed by atoms with van der Waals surface area (Å²) in [5.74, 6) is 0. The highest BCUT2D eigenvalue weighted by atomic mass is 16.2. The Balaban J connectivity index is 2.03. The minimum Gasteiger partial charge on any atom is -0.337 e. The third-order valence-electron chi connectivity index (χ3n) is 2.02. The average Bonchev–Trinajstić information content (AvgIpc) is 2.64. The van der Waals surface area contributed by atoms with Crippen molar-refractivity contribution in [3.8, 4) is 0 Å². The lowest BCUT2D eigenvalue weighted by molar-refractivity contribution is -0.107. The van der Waals surface area contributed by atoms with Gasteiger partial charge in [-0.15, -0.1) is 0 Å². The number of hydrogen-bond donors (Lipinski definition) is 3. The van der Waals surface area contributed by atoms with Gasteiger partial charge in [-0.25, -0.2) is 4.79 Å². The van der Waals surface area contributed by atoms with E-state index in [4.69, 9.17) is 0 Å². The summed E-state index contributed by atoms with van der Waals surface area (Å²) in [7, 11) is 0. The van der Waals surface area contributed by atoms with E-state index in [1.165, 1.54) is 6.42 Å². The van der Waals surface area contributed by atoms with Crippen LogP contribution in [0.4, 0.5) is 4.79 Å². The molecule has 13 heavy (non-hydrogen) atoms. The second kappa shape index (κ2) is 5.53. The molecular weight excluding hydrogens is 170 g/mol. The van der Waals surface area contributed by atoms with Crippen LogP contribution in [0.25, 0.3) is 0 Å². The number of urea groups is 1. The molecule has 74 valence electrons. The molecule has 1 atom stereocenters. The van der Waals surface area contributed by atoms with Gasteiger partial charge < -0.3 is 20.7 Å². The molecule has 5 heteroatoms. The van der Waals surface area contributed by atoms with E-state index in [0.717, 1.165) is 13.0 Å². The standard InChI is InChI=1S/C8H15N3O2/c12-5-4-10-8(13)11-6-7-2-1-3-9-7/h5,7,9H,1-4,6H2,(H2,10,11,13). The summed E-state index contributed by atoms with van der Waals surface area (Å²) in [5, 5.41) is 8.35. The van der Waals surface area contributed by atoms with Crippen LogP contribution >= 0.6 is 0 Å². The second-order valence-electron chi connectivity index (χ2n) is 3.05. The van der Waals surface area contributed by atoms with Crippen LogP contribution in [0.2, 0.25) is 0 Å². The first-order valence-corrected chi connectivity index (χ1v) is 4.51. The number of carbonyl (C=O) groups is 2. The Labute approximate surface area is 77.3 Å². The Morgan fingerprint density at radius 1 is 1.54 bits per heavy atom. The Morgan fingerprint density at radius 3 is 3.00 bits per heavy atom. The summed E-state index contributed by atoms with van der Waals surface area (Å²) >= 11 is 0. The van der Waals surface area contributed by atoms with Crippen molar-refractivity contribution in [2.45, 2.75) is 18.9 Å². The lowest BCUT2D eigenvalue weighted by Gasteiger charge is -2.11. The highest BCUT2D eigenvalue weighted by molar-refractivity contribution is 5.76. The van der Waals surface area contributed by atoms with Gasteiger partial charge in [0.25, 0.3) is 0 Å². The van der Waals surface area contributed by atoms with Crippen molar-refractivity contribution in [3.63, 3.8) is 0 Å². The predicted molar refractivity (Wildman–Crippen MR) is 48.5 cm³/mol. The third-order valence-corrected chi connectivity index (χ3v) is 2.02. The molecule has 0 saturated carbocycles. The number of hydrogen-bond acceptors (Lipinski definition) is 3. The first kappa shape index (κ1) is 9.98. The predicted octanol–water partition coefficient (Wildman–Crippen LogP) is -0.763. The molecule has 0 aromatic carbocycles. The van der Waals surface area contributed by atoms with Crippen LogP contribution < -0.4 is 16.0 Å². The minimum absolute atomic E-state index is 0.0733. The smallest absolute Gasteiger partial charge is 0.315 e. The SMILES string of the molecule is O=CCNC(=O)NCC1CCCN1. The van der Waals surface area contributed by atoms with E-state index in [9.17, 15) is 9.59 Å². The molecule has 0 bridgehead atoms. The molecule has 1 rings (SSSR count). The first-order valence-electron chi connectivity index (χ1n) is 4.51. The molecule has 0 spiro atoms. The van der Waals surface area contributed by atoms with Crippen molar-refractivity contribution in [1.82, 2.24) is 16.0 Å². The van der Waals surface area contributed by atoms with Crippen molar-refractivity contribution in [3.05, 3.63) is 0 Å². The Bertz CT molecular complexity index is 178. The van der Waals surface area contributed by atoms with Crippen molar-refractivity contribution in [2.75, 3.05) is 19.6 Å². The van der Waals surface area contributed by atoms with Crippen LogP contribution in [0.15, 0.2) is 0 Å². The molecule has 0 aliphatic carbocycles. The Morgan fingerprint density at radius 2 is 2.38 bits per heavy atom. The Kier molecular flexibility index (Phi) is 4.25. The summed E-state index contributed by atoms with van der Waals surface area (Å²) in [5.41, 5.74) is 0. The quantitative estimate of drug-likeness (QED) is 0.504. The van der Waals surface area contributed by atoms with Gasteiger partial charge in [-0.1, -0.05) is 0 Å². The number of aldehydes is 1. The fourth-order valence-electron chi connectivity index (χ4n) is 1.34. The largest absolute Gasteiger partial charge is 0.337 e. The summed E-state index contributed by atoms with van der Waals surface area (Å²) in [6.07, 6.45) is 2.93. The zero-order valence-corrected chi connectivity index (χ0v) is 7.51. The highest BCUT2D eigenvalue weighted by Crippen LogP contribution is 2.02. The fourth-order valence-corrected chi connectivity index (χ4v) is 1.34. The first-order chi connectivity index (χ1) is 6.33. The fraction of sp³-hybridized carbons (Fsp3) is 0.750. The van der Waals surface area contributed by atoms with Gasteiger partial charge >= 0.3 is 6.03 Å². The number of nitrogens with one attached hydrogen (secondary N) is 3. The third kappa shape index (κ3) is 3.89. The molecule has 1 heterocycles. The lowest BCUT2D eigenvalue weighted by atomic mass is 10.2. The topological polar surface area (TPSA) is 70.2 Å². The van der Waals surface area contributed by atoms with E-state index in [2.05, 4.69) is 16.0 Å². The molecule has 1 saturated heterocycles. The molecule has 0 aromatic heterocycles. The van der Waals surface area contributed by atoms with Gasteiger partial charge in [-0.2, -0.15) is 0 Å². The minimum atomic E-state index is -0.277. The molecule has 5 nitrogen and oxygen atoms in total. The van der Waals surface area contributed by atoms with Gasteiger partial charge in [0, 0.05) is 12.6 Å². The van der Waals surface area contributed by atoms with Crippen molar-refractivity contribution in [1.29, 1.82) is 0 Å². The normalized spacial score (nSPS) is 21.1. The summed E-state index contributed by atoms with van der Waals surface area (Å²) < 4.78 is 0. The van der Waals surface area contributed by atoms with Crippen LogP contribution in [-0.4, -0.2) is 38.0 Å². The van der Waals surface area contributed by atoms with E-state index in [0.29, 0.717) is 18.9 Å². The van der Waals surface area contributed by atoms with Gasteiger partial charge in [0.05, 0.1) is 6.54 Å². The van der Waals surface area contributed by atoms with Crippen LogP contribution in [0.3, 0.4) is 0 Å². The zero-order chi connectivity index (χ0) is 9.52. The van der Waals surface area contributed by atoms with E-state index in [1.807, 2.05) is 0 Å². The number of amides is 2. The van der Waals surface area contributed by atoms with Crippen LogP contribution in [0, 0.1) is 0 Å². The van der Waals surface area contributed by atoms with E-state index in [-0.39, 0.29) is 12.6 Å². The number of rotatable bonds is 4. The molecule has 2 amide bonds. The molecule has 3 N–H and O–H groups in total. The average molecular weight is 185 g/mol. The monoisotopic (exact) mass is 185 g/mol. The van der Waals surface area contributed by atoms with Gasteiger partial charge in [0.1, 0.15) is 6.29 Å². The van der Waals surface area contributed by atoms with E-state index >= 15 is 0 Å². The van der Waals surface area contributed by atoms with Gasteiger partial charge in [-0.3, -0.25) is 0 Å². The van der Waals surface area contributed by atoms with E-state index in [1.54, 1.807) is 0 Å². The summed E-state index contributed by atoms with van der Waals surface area (Å²) in [4.78, 5) is 20.9. The van der Waals surface area contributed by atoms with Crippen molar-refractivity contribution < 1.29 is 9.59 Å². The lowest BCUT2D eigenvalue weighted by Crippen LogP contribution is -2.42. The molecule has 0 aromatic rings. The van der Waals surface area contributed by atoms with Crippen LogP contribution in [0.1, 0.15) is 12.8 Å². The van der Waals surface area contributed by atoms with Crippen molar-refractivity contribution >= 4 is 12.3 Å². The highest BCUT2D eigenvalue weighted by Gasteiger charge is 2.13. The van der Waals surface area contributed by atoms with Gasteiger partial charge in [0.15, 0.2) is 0 Å². The molecule has 1 fully saturated rings.